The van der Waals surface area contributed by atoms with Crippen LogP contribution in [0.4, 0.5) is 5.82 Å². The molecule has 0 aliphatic heterocycles. The van der Waals surface area contributed by atoms with Crippen LogP contribution in [0.25, 0.3) is 0 Å². The third kappa shape index (κ3) is 3.34. The van der Waals surface area contributed by atoms with Gasteiger partial charge in [0.05, 0.1) is 7.11 Å². The van der Waals surface area contributed by atoms with E-state index in [9.17, 15) is 0 Å². The quantitative estimate of drug-likeness (QED) is 0.843. The lowest BCUT2D eigenvalue weighted by atomic mass is 10.1. The number of benzene rings is 1. The van der Waals surface area contributed by atoms with Gasteiger partial charge in [-0.05, 0) is 35.7 Å². The van der Waals surface area contributed by atoms with Crippen LogP contribution in [0.1, 0.15) is 5.56 Å². The largest absolute Gasteiger partial charge is 0.496 e. The Hall–Kier alpha value is -1.81. The van der Waals surface area contributed by atoms with Crippen molar-refractivity contribution >= 4 is 17.4 Å². The summed E-state index contributed by atoms with van der Waals surface area (Å²) in [5.74, 6) is 1.63. The molecule has 1 heterocycles. The highest BCUT2D eigenvalue weighted by Gasteiger charge is 2.01. The highest BCUT2D eigenvalue weighted by atomic mass is 35.5. The van der Waals surface area contributed by atoms with Crippen molar-refractivity contribution in [2.24, 2.45) is 0 Å². The maximum Gasteiger partial charge on any atom is 0.224 e. The summed E-state index contributed by atoms with van der Waals surface area (Å²) >= 11 is 5.71. The molecule has 0 amide bonds. The first-order valence-corrected chi connectivity index (χ1v) is 6.01. The molecule has 4 nitrogen and oxygen atoms in total. The predicted octanol–water partition coefficient (Wildman–Crippen LogP) is 2.79. The minimum atomic E-state index is 0.247. The van der Waals surface area contributed by atoms with E-state index in [1.807, 2.05) is 24.3 Å². The molecule has 94 valence electrons. The predicted molar refractivity (Wildman–Crippen MR) is 72.2 cm³/mol. The number of hydrogen-bond acceptors (Lipinski definition) is 4. The topological polar surface area (TPSA) is 47.0 Å². The molecule has 0 spiro atoms. The van der Waals surface area contributed by atoms with Crippen LogP contribution in [0.2, 0.25) is 5.28 Å². The zero-order valence-corrected chi connectivity index (χ0v) is 10.8. The second-order valence-electron chi connectivity index (χ2n) is 3.70. The summed E-state index contributed by atoms with van der Waals surface area (Å²) < 4.78 is 5.29. The van der Waals surface area contributed by atoms with Crippen molar-refractivity contribution in [3.63, 3.8) is 0 Å². The molecule has 0 aliphatic rings. The Balaban J connectivity index is 1.92. The lowest BCUT2D eigenvalue weighted by Crippen LogP contribution is -2.07. The summed E-state index contributed by atoms with van der Waals surface area (Å²) in [4.78, 5) is 7.89. The minimum absolute atomic E-state index is 0.247. The van der Waals surface area contributed by atoms with Gasteiger partial charge in [0, 0.05) is 12.7 Å². The van der Waals surface area contributed by atoms with E-state index in [1.54, 1.807) is 19.4 Å². The van der Waals surface area contributed by atoms with Crippen molar-refractivity contribution in [1.29, 1.82) is 0 Å². The molecular formula is C13H14ClN3O. The molecule has 1 N–H and O–H groups in total. The number of halogens is 1. The molecule has 0 radical (unpaired) electrons. The van der Waals surface area contributed by atoms with Gasteiger partial charge in [-0.25, -0.2) is 9.97 Å². The van der Waals surface area contributed by atoms with E-state index in [4.69, 9.17) is 16.3 Å². The van der Waals surface area contributed by atoms with Crippen molar-refractivity contribution in [3.05, 3.63) is 47.4 Å². The van der Waals surface area contributed by atoms with Gasteiger partial charge in [0.1, 0.15) is 11.6 Å². The van der Waals surface area contributed by atoms with Gasteiger partial charge < -0.3 is 10.1 Å². The number of anilines is 1. The van der Waals surface area contributed by atoms with E-state index in [2.05, 4.69) is 15.3 Å². The molecule has 5 heteroatoms. The fourth-order valence-electron chi connectivity index (χ4n) is 1.67. The third-order valence-corrected chi connectivity index (χ3v) is 2.70. The minimum Gasteiger partial charge on any atom is -0.496 e. The van der Waals surface area contributed by atoms with E-state index >= 15 is 0 Å². The van der Waals surface area contributed by atoms with Crippen LogP contribution < -0.4 is 10.1 Å². The van der Waals surface area contributed by atoms with Crippen LogP contribution in [0.5, 0.6) is 5.75 Å². The van der Waals surface area contributed by atoms with Gasteiger partial charge >= 0.3 is 0 Å². The van der Waals surface area contributed by atoms with Crippen LogP contribution in [0, 0.1) is 0 Å². The first-order valence-electron chi connectivity index (χ1n) is 5.64. The molecule has 2 aromatic rings. The molecule has 0 aliphatic carbocycles. The molecule has 1 aromatic carbocycles. The molecule has 0 unspecified atom stereocenters. The summed E-state index contributed by atoms with van der Waals surface area (Å²) in [7, 11) is 1.68. The third-order valence-electron chi connectivity index (χ3n) is 2.52. The lowest BCUT2D eigenvalue weighted by molar-refractivity contribution is 0.410. The number of rotatable bonds is 5. The van der Waals surface area contributed by atoms with Crippen molar-refractivity contribution < 1.29 is 4.74 Å². The molecule has 1 aromatic heterocycles. The van der Waals surface area contributed by atoms with Crippen molar-refractivity contribution in [2.45, 2.75) is 6.42 Å². The number of nitrogens with one attached hydrogen (secondary N) is 1. The van der Waals surface area contributed by atoms with E-state index in [0.29, 0.717) is 0 Å². The number of aromatic nitrogens is 2. The number of ether oxygens (including phenoxy) is 1. The average molecular weight is 264 g/mol. The molecule has 0 atom stereocenters. The molecule has 2 rings (SSSR count). The molecule has 0 saturated carbocycles. The number of nitrogens with zero attached hydrogens (tertiary/aromatic N) is 2. The number of methoxy groups -OCH3 is 1. The highest BCUT2D eigenvalue weighted by Crippen LogP contribution is 2.17. The highest BCUT2D eigenvalue weighted by molar-refractivity contribution is 6.28. The summed E-state index contributed by atoms with van der Waals surface area (Å²) in [6, 6.07) is 9.75. The maximum absolute atomic E-state index is 5.71. The van der Waals surface area contributed by atoms with Crippen LogP contribution >= 0.6 is 11.6 Å². The molecular weight excluding hydrogens is 250 g/mol. The van der Waals surface area contributed by atoms with Crippen molar-refractivity contribution in [1.82, 2.24) is 9.97 Å². The molecule has 0 bridgehead atoms. The van der Waals surface area contributed by atoms with E-state index in [0.717, 1.165) is 30.1 Å². The smallest absolute Gasteiger partial charge is 0.224 e. The summed E-state index contributed by atoms with van der Waals surface area (Å²) in [6.45, 7) is 0.758. The van der Waals surface area contributed by atoms with Gasteiger partial charge in [-0.3, -0.25) is 0 Å². The van der Waals surface area contributed by atoms with Crippen LogP contribution in [0.3, 0.4) is 0 Å². The Morgan fingerprint density at radius 3 is 2.89 bits per heavy atom. The van der Waals surface area contributed by atoms with Gasteiger partial charge in [-0.2, -0.15) is 0 Å². The molecule has 0 saturated heterocycles. The first kappa shape index (κ1) is 12.6. The molecule has 18 heavy (non-hydrogen) atoms. The normalized spacial score (nSPS) is 10.1. The van der Waals surface area contributed by atoms with Crippen LogP contribution in [-0.4, -0.2) is 23.6 Å². The van der Waals surface area contributed by atoms with Gasteiger partial charge in [0.15, 0.2) is 0 Å². The zero-order valence-electron chi connectivity index (χ0n) is 10.1. The number of para-hydroxylation sites is 1. The van der Waals surface area contributed by atoms with Crippen molar-refractivity contribution in [2.75, 3.05) is 19.0 Å². The van der Waals surface area contributed by atoms with E-state index < -0.39 is 0 Å². The SMILES string of the molecule is COc1ccccc1CCNc1ccnc(Cl)n1. The lowest BCUT2D eigenvalue weighted by Gasteiger charge is -2.09. The maximum atomic E-state index is 5.71. The molecule has 0 fully saturated rings. The van der Waals surface area contributed by atoms with E-state index in [1.165, 1.54) is 0 Å². The van der Waals surface area contributed by atoms with Gasteiger partial charge in [-0.1, -0.05) is 18.2 Å². The van der Waals surface area contributed by atoms with E-state index in [-0.39, 0.29) is 5.28 Å². The monoisotopic (exact) mass is 263 g/mol. The Bertz CT molecular complexity index is 519. The summed E-state index contributed by atoms with van der Waals surface area (Å²) in [5, 5.41) is 3.44. The Morgan fingerprint density at radius 1 is 1.28 bits per heavy atom. The second kappa shape index (κ2) is 6.21. The fraction of sp³-hybridized carbons (Fsp3) is 0.231. The Kier molecular flexibility index (Phi) is 4.36. The summed E-state index contributed by atoms with van der Waals surface area (Å²) in [6.07, 6.45) is 2.48. The Labute approximate surface area is 111 Å². The van der Waals surface area contributed by atoms with Crippen LogP contribution in [0.15, 0.2) is 36.5 Å². The van der Waals surface area contributed by atoms with Gasteiger partial charge in [-0.15, -0.1) is 0 Å². The standard InChI is InChI=1S/C13H14ClN3O/c1-18-11-5-3-2-4-10(11)6-8-15-12-7-9-16-13(14)17-12/h2-5,7,9H,6,8H2,1H3,(H,15,16,17). The van der Waals surface area contributed by atoms with Crippen molar-refractivity contribution in [3.8, 4) is 5.75 Å². The average Bonchev–Trinajstić information content (AvgIpc) is 2.39. The van der Waals surface area contributed by atoms with Crippen LogP contribution in [-0.2, 0) is 6.42 Å². The first-order chi connectivity index (χ1) is 8.79. The fourth-order valence-corrected chi connectivity index (χ4v) is 1.82. The second-order valence-corrected chi connectivity index (χ2v) is 4.04. The van der Waals surface area contributed by atoms with Gasteiger partial charge in [0.25, 0.3) is 0 Å². The Morgan fingerprint density at radius 2 is 2.11 bits per heavy atom. The zero-order chi connectivity index (χ0) is 12.8. The van der Waals surface area contributed by atoms with Gasteiger partial charge in [0.2, 0.25) is 5.28 Å². The number of hydrogen-bond donors (Lipinski definition) is 1. The summed E-state index contributed by atoms with van der Waals surface area (Å²) in [5.41, 5.74) is 1.16.